The van der Waals surface area contributed by atoms with E-state index in [0.717, 1.165) is 69.6 Å². The van der Waals surface area contributed by atoms with Gasteiger partial charge in [-0.05, 0) is 31.1 Å². The van der Waals surface area contributed by atoms with E-state index >= 15 is 0 Å². The highest BCUT2D eigenvalue weighted by Gasteiger charge is 2.19. The number of unbranched alkanes of at least 4 members (excludes halogenated alkanes) is 26. The van der Waals surface area contributed by atoms with Gasteiger partial charge in [-0.15, -0.1) is 0 Å². The van der Waals surface area contributed by atoms with Gasteiger partial charge in [0.15, 0.2) is 6.10 Å². The van der Waals surface area contributed by atoms with Crippen LogP contribution in [0.4, 0.5) is 0 Å². The average Bonchev–Trinajstić information content (AvgIpc) is 3.15. The van der Waals surface area contributed by atoms with Crippen LogP contribution in [0.3, 0.4) is 0 Å². The minimum atomic E-state index is -0.761. The largest absolute Gasteiger partial charge is 0.462 e. The molecule has 2 atom stereocenters. The number of ether oxygens (including phenoxy) is 3. The summed E-state index contributed by atoms with van der Waals surface area (Å²) in [6.45, 7) is 11.3. The van der Waals surface area contributed by atoms with Crippen LogP contribution in [0.25, 0.3) is 0 Å². The van der Waals surface area contributed by atoms with Crippen molar-refractivity contribution in [3.8, 4) is 0 Å². The van der Waals surface area contributed by atoms with Gasteiger partial charge in [-0.1, -0.05) is 221 Å². The molecule has 0 aliphatic heterocycles. The Kier molecular flexibility index (Phi) is 39.8. The second kappa shape index (κ2) is 41.1. The van der Waals surface area contributed by atoms with E-state index in [1.807, 2.05) is 0 Å². The lowest BCUT2D eigenvalue weighted by molar-refractivity contribution is -0.167. The molecule has 0 fully saturated rings. The molecule has 0 spiro atoms. The molecule has 0 amide bonds. The first-order valence-electron chi connectivity index (χ1n) is 23.8. The summed E-state index contributed by atoms with van der Waals surface area (Å²) in [7, 11) is 0. The van der Waals surface area contributed by atoms with Crippen molar-refractivity contribution < 1.29 is 28.6 Å². The molecule has 0 aliphatic carbocycles. The maximum absolute atomic E-state index is 12.7. The zero-order valence-corrected chi connectivity index (χ0v) is 36.8. The Bertz CT molecular complexity index is 826. The monoisotopic (exact) mass is 765 g/mol. The summed E-state index contributed by atoms with van der Waals surface area (Å²) < 4.78 is 16.7. The van der Waals surface area contributed by atoms with E-state index in [1.165, 1.54) is 148 Å². The third kappa shape index (κ3) is 40.1. The second-order valence-electron chi connectivity index (χ2n) is 17.1. The molecule has 0 heterocycles. The van der Waals surface area contributed by atoms with E-state index < -0.39 is 6.10 Å². The predicted molar refractivity (Wildman–Crippen MR) is 229 cm³/mol. The highest BCUT2D eigenvalue weighted by molar-refractivity contribution is 5.71. The van der Waals surface area contributed by atoms with Gasteiger partial charge in [0.2, 0.25) is 0 Å². The fraction of sp³-hybridized carbons (Fsp3) is 0.938. The summed E-state index contributed by atoms with van der Waals surface area (Å²) >= 11 is 0. The normalized spacial score (nSPS) is 12.6. The fourth-order valence-electron chi connectivity index (χ4n) is 7.07. The molecule has 0 aromatic carbocycles. The topological polar surface area (TPSA) is 78.9 Å². The number of hydrogen-bond acceptors (Lipinski definition) is 6. The van der Waals surface area contributed by atoms with Crippen molar-refractivity contribution in [2.75, 3.05) is 13.2 Å². The van der Waals surface area contributed by atoms with Gasteiger partial charge >= 0.3 is 17.9 Å². The number of hydrogen-bond donors (Lipinski definition) is 0. The number of rotatable bonds is 42. The van der Waals surface area contributed by atoms with E-state index in [1.54, 1.807) is 0 Å². The predicted octanol–water partition coefficient (Wildman–Crippen LogP) is 15.0. The van der Waals surface area contributed by atoms with Gasteiger partial charge in [0, 0.05) is 19.3 Å². The Morgan fingerprint density at radius 2 is 0.704 bits per heavy atom. The van der Waals surface area contributed by atoms with Crippen LogP contribution in [0.5, 0.6) is 0 Å². The average molecular weight is 765 g/mol. The molecule has 0 aliphatic rings. The fourth-order valence-corrected chi connectivity index (χ4v) is 7.07. The first-order valence-corrected chi connectivity index (χ1v) is 23.8. The summed E-state index contributed by atoms with van der Waals surface area (Å²) in [6.07, 6.45) is 39.4. The Labute approximate surface area is 336 Å². The van der Waals surface area contributed by atoms with E-state index in [-0.39, 0.29) is 31.1 Å². The molecule has 1 unspecified atom stereocenters. The summed E-state index contributed by atoms with van der Waals surface area (Å²) in [5, 5.41) is 0. The summed E-state index contributed by atoms with van der Waals surface area (Å²) in [4.78, 5) is 37.7. The molecule has 0 saturated carbocycles. The molecule has 6 heteroatoms. The Morgan fingerprint density at radius 3 is 1.06 bits per heavy atom. The van der Waals surface area contributed by atoms with Crippen molar-refractivity contribution in [3.05, 3.63) is 0 Å². The van der Waals surface area contributed by atoms with Crippen molar-refractivity contribution in [3.63, 3.8) is 0 Å². The molecule has 320 valence electrons. The maximum atomic E-state index is 12.7. The number of esters is 3. The van der Waals surface area contributed by atoms with Crippen molar-refractivity contribution in [1.82, 2.24) is 0 Å². The molecular weight excluding hydrogens is 673 g/mol. The maximum Gasteiger partial charge on any atom is 0.306 e. The van der Waals surface area contributed by atoms with Crippen LogP contribution in [0.2, 0.25) is 0 Å². The SMILES string of the molecule is CCCCCCCCCCCCCC(=O)O[C@H](COC(=O)CCCCCCCCCCCCCCC(C)C)COC(=O)CCCCCCCCC(C)CC. The Balaban J connectivity index is 4.31. The standard InChI is InChI=1S/C48H92O6/c1-6-8-9-10-11-12-15-20-23-30-35-40-48(51)54-45(42-53-47(50)39-34-29-25-24-27-32-37-44(5)7-2)41-52-46(49)38-33-28-22-19-17-14-13-16-18-21-26-31-36-43(3)4/h43-45H,6-42H2,1-5H3/t44?,45-/m1/s1. The van der Waals surface area contributed by atoms with E-state index in [0.29, 0.717) is 19.3 Å². The molecule has 0 saturated heterocycles. The Morgan fingerprint density at radius 1 is 0.389 bits per heavy atom. The highest BCUT2D eigenvalue weighted by atomic mass is 16.6. The zero-order chi connectivity index (χ0) is 39.7. The van der Waals surface area contributed by atoms with Crippen LogP contribution in [0.15, 0.2) is 0 Å². The van der Waals surface area contributed by atoms with Gasteiger partial charge < -0.3 is 14.2 Å². The van der Waals surface area contributed by atoms with Crippen molar-refractivity contribution in [1.29, 1.82) is 0 Å². The van der Waals surface area contributed by atoms with Gasteiger partial charge in [0.1, 0.15) is 13.2 Å². The van der Waals surface area contributed by atoms with Gasteiger partial charge in [-0.3, -0.25) is 14.4 Å². The molecule has 0 aromatic heterocycles. The first kappa shape index (κ1) is 52.4. The molecule has 0 rings (SSSR count). The lowest BCUT2D eigenvalue weighted by atomic mass is 10.00. The van der Waals surface area contributed by atoms with E-state index in [9.17, 15) is 14.4 Å². The van der Waals surface area contributed by atoms with Crippen LogP contribution in [-0.4, -0.2) is 37.2 Å². The molecule has 0 radical (unpaired) electrons. The van der Waals surface area contributed by atoms with Gasteiger partial charge in [-0.25, -0.2) is 0 Å². The molecule has 0 aromatic rings. The quantitative estimate of drug-likeness (QED) is 0.0350. The lowest BCUT2D eigenvalue weighted by Crippen LogP contribution is -2.30. The molecule has 0 bridgehead atoms. The minimum absolute atomic E-state index is 0.0650. The third-order valence-corrected chi connectivity index (χ3v) is 11.1. The first-order chi connectivity index (χ1) is 26.3. The summed E-state index contributed by atoms with van der Waals surface area (Å²) in [5.74, 6) is 0.791. The molecule has 6 nitrogen and oxygen atoms in total. The summed E-state index contributed by atoms with van der Waals surface area (Å²) in [6, 6.07) is 0. The summed E-state index contributed by atoms with van der Waals surface area (Å²) in [5.41, 5.74) is 0. The van der Waals surface area contributed by atoms with Crippen LogP contribution in [-0.2, 0) is 28.6 Å². The number of carbonyl (C=O) groups excluding carboxylic acids is 3. The van der Waals surface area contributed by atoms with Gasteiger partial charge in [0.05, 0.1) is 0 Å². The Hall–Kier alpha value is -1.59. The minimum Gasteiger partial charge on any atom is -0.462 e. The van der Waals surface area contributed by atoms with Gasteiger partial charge in [0.25, 0.3) is 0 Å². The highest BCUT2D eigenvalue weighted by Crippen LogP contribution is 2.17. The van der Waals surface area contributed by atoms with Crippen molar-refractivity contribution in [2.45, 2.75) is 265 Å². The van der Waals surface area contributed by atoms with E-state index in [2.05, 4.69) is 34.6 Å². The third-order valence-electron chi connectivity index (χ3n) is 11.1. The molecular formula is C48H92O6. The van der Waals surface area contributed by atoms with Crippen LogP contribution < -0.4 is 0 Å². The molecule has 0 N–H and O–H groups in total. The smallest absolute Gasteiger partial charge is 0.306 e. The van der Waals surface area contributed by atoms with E-state index in [4.69, 9.17) is 14.2 Å². The lowest BCUT2D eigenvalue weighted by Gasteiger charge is -2.18. The van der Waals surface area contributed by atoms with Crippen LogP contribution in [0.1, 0.15) is 259 Å². The van der Waals surface area contributed by atoms with Crippen molar-refractivity contribution in [2.24, 2.45) is 11.8 Å². The molecule has 54 heavy (non-hydrogen) atoms. The second-order valence-corrected chi connectivity index (χ2v) is 17.1. The van der Waals surface area contributed by atoms with Gasteiger partial charge in [-0.2, -0.15) is 0 Å². The van der Waals surface area contributed by atoms with Crippen LogP contribution in [0, 0.1) is 11.8 Å². The zero-order valence-electron chi connectivity index (χ0n) is 36.8. The van der Waals surface area contributed by atoms with Crippen molar-refractivity contribution >= 4 is 17.9 Å². The van der Waals surface area contributed by atoms with Crippen LogP contribution >= 0.6 is 0 Å². The number of carbonyl (C=O) groups is 3.